The third-order valence-electron chi connectivity index (χ3n) is 18.3. The number of phosphoric acid groups is 2. The van der Waals surface area contributed by atoms with E-state index >= 15 is 0 Å². The van der Waals surface area contributed by atoms with E-state index in [1.807, 2.05) is 0 Å². The maximum Gasteiger partial charge on any atom is 0.472 e. The van der Waals surface area contributed by atoms with Crippen molar-refractivity contribution in [1.82, 2.24) is 0 Å². The summed E-state index contributed by atoms with van der Waals surface area (Å²) in [6.45, 7) is 7.29. The monoisotopic (exact) mass is 1420 g/mol. The Morgan fingerprint density at radius 1 is 0.278 bits per heavy atom. The number of carbonyl (C=O) groups is 4. The van der Waals surface area contributed by atoms with Crippen molar-refractivity contribution in [2.75, 3.05) is 39.6 Å². The van der Waals surface area contributed by atoms with Crippen molar-refractivity contribution in [2.45, 2.75) is 432 Å². The van der Waals surface area contributed by atoms with Crippen LogP contribution in [0.15, 0.2) is 0 Å². The van der Waals surface area contributed by atoms with E-state index in [1.165, 1.54) is 231 Å². The van der Waals surface area contributed by atoms with Gasteiger partial charge in [0.15, 0.2) is 12.2 Å². The van der Waals surface area contributed by atoms with Gasteiger partial charge in [-0.1, -0.05) is 362 Å². The Hall–Kier alpha value is -1.94. The first-order chi connectivity index (χ1) is 47.0. The van der Waals surface area contributed by atoms with Crippen molar-refractivity contribution >= 4 is 39.5 Å². The fourth-order valence-electron chi connectivity index (χ4n) is 12.1. The first-order valence-corrected chi connectivity index (χ1v) is 43.6. The van der Waals surface area contributed by atoms with Crippen molar-refractivity contribution in [2.24, 2.45) is 5.92 Å². The minimum absolute atomic E-state index is 0.107. The minimum atomic E-state index is -4.96. The lowest BCUT2D eigenvalue weighted by Gasteiger charge is -2.21. The molecule has 0 amide bonds. The third-order valence-corrected chi connectivity index (χ3v) is 20.2. The van der Waals surface area contributed by atoms with Crippen LogP contribution in [0.1, 0.15) is 413 Å². The lowest BCUT2D eigenvalue weighted by Crippen LogP contribution is -2.30. The summed E-state index contributed by atoms with van der Waals surface area (Å²) in [5.74, 6) is -1.35. The van der Waals surface area contributed by atoms with Crippen molar-refractivity contribution in [3.05, 3.63) is 0 Å². The second kappa shape index (κ2) is 71.1. The molecule has 0 radical (unpaired) electrons. The molecule has 97 heavy (non-hydrogen) atoms. The van der Waals surface area contributed by atoms with Gasteiger partial charge in [0, 0.05) is 25.7 Å². The number of esters is 4. The van der Waals surface area contributed by atoms with Gasteiger partial charge >= 0.3 is 39.5 Å². The highest BCUT2D eigenvalue weighted by atomic mass is 31.2. The summed E-state index contributed by atoms with van der Waals surface area (Å²) in [7, 11) is -9.91. The number of rotatable bonds is 78. The average Bonchev–Trinajstić information content (AvgIpc) is 1.34. The van der Waals surface area contributed by atoms with Gasteiger partial charge in [-0.05, 0) is 31.6 Å². The molecule has 5 atom stereocenters. The van der Waals surface area contributed by atoms with Crippen LogP contribution in [0.5, 0.6) is 0 Å². The fourth-order valence-corrected chi connectivity index (χ4v) is 13.6. The Balaban J connectivity index is 5.20. The number of aliphatic hydroxyl groups is 1. The molecule has 0 bridgehead atoms. The van der Waals surface area contributed by atoms with Crippen molar-refractivity contribution in [1.29, 1.82) is 0 Å². The Morgan fingerprint density at radius 3 is 0.701 bits per heavy atom. The minimum Gasteiger partial charge on any atom is -0.462 e. The maximum absolute atomic E-state index is 13.1. The Kier molecular flexibility index (Phi) is 69.6. The number of hydrogen-bond acceptors (Lipinski definition) is 15. The predicted molar refractivity (Wildman–Crippen MR) is 395 cm³/mol. The SMILES string of the molecule is CCCCCCCCCCCCCCCCCCCCCC(=O)O[C@H](COC(=O)CCCCCCCCCCCCCCCCCC)COP(=O)(O)OC[C@@H](O)COP(=O)(O)OC[C@@H](COC(=O)CCCCCCCCCC)OC(=O)CCCCCCCCCCCCCC(C)C. The molecular formula is C78H152O17P2. The van der Waals surface area contributed by atoms with E-state index in [4.69, 9.17) is 37.0 Å². The van der Waals surface area contributed by atoms with Gasteiger partial charge in [-0.15, -0.1) is 0 Å². The van der Waals surface area contributed by atoms with E-state index in [0.717, 1.165) is 102 Å². The van der Waals surface area contributed by atoms with Crippen LogP contribution in [0.25, 0.3) is 0 Å². The van der Waals surface area contributed by atoms with Gasteiger partial charge in [0.25, 0.3) is 0 Å². The molecule has 0 aromatic carbocycles. The van der Waals surface area contributed by atoms with E-state index in [0.29, 0.717) is 25.7 Å². The summed E-state index contributed by atoms with van der Waals surface area (Å²) in [5, 5.41) is 10.6. The molecule has 0 rings (SSSR count). The molecule has 3 N–H and O–H groups in total. The number of aliphatic hydroxyl groups excluding tert-OH is 1. The molecule has 0 heterocycles. The van der Waals surface area contributed by atoms with E-state index in [9.17, 15) is 43.2 Å². The molecule has 0 fully saturated rings. The van der Waals surface area contributed by atoms with Crippen LogP contribution in [-0.4, -0.2) is 96.7 Å². The number of unbranched alkanes of at least 4 members (excludes halogenated alkanes) is 50. The van der Waals surface area contributed by atoms with Gasteiger partial charge in [-0.25, -0.2) is 9.13 Å². The zero-order valence-corrected chi connectivity index (χ0v) is 65.0. The predicted octanol–water partition coefficient (Wildman–Crippen LogP) is 23.3. The standard InChI is InChI=1S/C78H152O17P2/c1-6-9-12-15-18-21-23-25-27-29-30-31-33-35-39-43-48-53-58-63-77(82)95-74(68-89-76(81)62-57-52-47-42-38-34-32-28-26-24-22-19-16-13-10-7-2)70-93-97(86,87)91-66-72(79)65-90-96(84,85)92-69-73(67-88-75(80)61-56-51-46-20-17-14-11-8-3)94-78(83)64-59-54-49-44-40-36-37-41-45-50-55-60-71(4)5/h71-74,79H,6-70H2,1-5H3,(H,84,85)(H,86,87)/t72-,73+,74+/m0/s1. The van der Waals surface area contributed by atoms with E-state index in [1.54, 1.807) is 0 Å². The summed E-state index contributed by atoms with van der Waals surface area (Å²) in [6.07, 6.45) is 61.1. The molecule has 0 aliphatic rings. The second-order valence-corrected chi connectivity index (χ2v) is 31.5. The normalized spacial score (nSPS) is 13.9. The van der Waals surface area contributed by atoms with Crippen molar-refractivity contribution in [3.63, 3.8) is 0 Å². The van der Waals surface area contributed by atoms with Crippen LogP contribution in [0.3, 0.4) is 0 Å². The van der Waals surface area contributed by atoms with Crippen molar-refractivity contribution in [3.8, 4) is 0 Å². The van der Waals surface area contributed by atoms with Crippen LogP contribution in [0.4, 0.5) is 0 Å². The van der Waals surface area contributed by atoms with Gasteiger partial charge in [0.2, 0.25) is 0 Å². The highest BCUT2D eigenvalue weighted by Crippen LogP contribution is 2.45. The van der Waals surface area contributed by atoms with Gasteiger partial charge in [0.1, 0.15) is 19.3 Å². The lowest BCUT2D eigenvalue weighted by atomic mass is 10.0. The van der Waals surface area contributed by atoms with Crippen LogP contribution in [0, 0.1) is 5.92 Å². The van der Waals surface area contributed by atoms with Gasteiger partial charge < -0.3 is 33.8 Å². The zero-order valence-electron chi connectivity index (χ0n) is 63.2. The number of carbonyl (C=O) groups excluding carboxylic acids is 4. The summed E-state index contributed by atoms with van der Waals surface area (Å²) in [6, 6.07) is 0. The Morgan fingerprint density at radius 2 is 0.474 bits per heavy atom. The molecule has 576 valence electrons. The number of hydrogen-bond donors (Lipinski definition) is 3. The highest BCUT2D eigenvalue weighted by Gasteiger charge is 2.30. The average molecular weight is 1420 g/mol. The molecule has 0 saturated heterocycles. The maximum atomic E-state index is 13.1. The zero-order chi connectivity index (χ0) is 71.2. The largest absolute Gasteiger partial charge is 0.472 e. The molecule has 0 aliphatic heterocycles. The van der Waals surface area contributed by atoms with Crippen LogP contribution in [-0.2, 0) is 65.4 Å². The molecule has 0 aliphatic carbocycles. The highest BCUT2D eigenvalue weighted by molar-refractivity contribution is 7.47. The molecule has 19 heteroatoms. The first kappa shape index (κ1) is 95.1. The molecule has 0 aromatic rings. The topological polar surface area (TPSA) is 237 Å². The first-order valence-electron chi connectivity index (χ1n) is 40.6. The second-order valence-electron chi connectivity index (χ2n) is 28.6. The molecule has 0 saturated carbocycles. The molecule has 0 aromatic heterocycles. The molecule has 2 unspecified atom stereocenters. The van der Waals surface area contributed by atoms with E-state index in [-0.39, 0.29) is 25.7 Å². The van der Waals surface area contributed by atoms with E-state index < -0.39 is 97.5 Å². The van der Waals surface area contributed by atoms with Crippen molar-refractivity contribution < 1.29 is 80.2 Å². The quantitative estimate of drug-likeness (QED) is 0.0222. The summed E-state index contributed by atoms with van der Waals surface area (Å²) in [4.78, 5) is 72.8. The van der Waals surface area contributed by atoms with Gasteiger partial charge in [-0.3, -0.25) is 37.3 Å². The fraction of sp³-hybridized carbons (Fsp3) is 0.949. The smallest absolute Gasteiger partial charge is 0.462 e. The van der Waals surface area contributed by atoms with Crippen LogP contribution < -0.4 is 0 Å². The van der Waals surface area contributed by atoms with Crippen LogP contribution in [0.2, 0.25) is 0 Å². The van der Waals surface area contributed by atoms with E-state index in [2.05, 4.69) is 34.6 Å². The third kappa shape index (κ3) is 72.2. The Labute approximate surface area is 594 Å². The molecular weight excluding hydrogens is 1270 g/mol. The summed E-state index contributed by atoms with van der Waals surface area (Å²) in [5.41, 5.74) is 0. The summed E-state index contributed by atoms with van der Waals surface area (Å²) >= 11 is 0. The molecule has 0 spiro atoms. The number of phosphoric ester groups is 2. The lowest BCUT2D eigenvalue weighted by molar-refractivity contribution is -0.161. The van der Waals surface area contributed by atoms with Crippen LogP contribution >= 0.6 is 15.6 Å². The molecule has 17 nitrogen and oxygen atoms in total. The van der Waals surface area contributed by atoms with Gasteiger partial charge in [0.05, 0.1) is 26.4 Å². The Bertz CT molecular complexity index is 1860. The van der Waals surface area contributed by atoms with Gasteiger partial charge in [-0.2, -0.15) is 0 Å². The summed E-state index contributed by atoms with van der Waals surface area (Å²) < 4.78 is 68.5. The number of ether oxygens (including phenoxy) is 4.